The molecule has 48 heavy (non-hydrogen) atoms. The molecule has 0 bridgehead atoms. The van der Waals surface area contributed by atoms with E-state index >= 15 is 4.57 Å². The Morgan fingerprint density at radius 2 is 1.58 bits per heavy atom. The molecule has 2 aromatic heterocycles. The number of imidazole rings is 1. The largest absolute Gasteiger partial charge is 0.479 e. The van der Waals surface area contributed by atoms with Crippen molar-refractivity contribution in [2.75, 3.05) is 46.8 Å². The highest BCUT2D eigenvalue weighted by Crippen LogP contribution is 2.57. The molecule has 3 rings (SSSR count). The summed E-state index contributed by atoms with van der Waals surface area (Å²) in [6, 6.07) is -2.02. The zero-order valence-electron chi connectivity index (χ0n) is 29.5. The van der Waals surface area contributed by atoms with Gasteiger partial charge < -0.3 is 39.4 Å². The minimum atomic E-state index is -4.32. The Kier molecular flexibility index (Phi) is 13.3. The number of carbonyl (C=O) groups excluding carboxylic acids is 2. The molecule has 1 fully saturated rings. The van der Waals surface area contributed by atoms with Gasteiger partial charge >= 0.3 is 19.6 Å². The molecule has 2 aromatic rings. The van der Waals surface area contributed by atoms with Crippen molar-refractivity contribution in [2.24, 2.45) is 11.8 Å². The van der Waals surface area contributed by atoms with E-state index in [2.05, 4.69) is 15.0 Å². The number of nitrogens with two attached hydrogens (primary N) is 1. The zero-order chi connectivity index (χ0) is 36.1. The number of ether oxygens (including phenoxy) is 4. The Labute approximate surface area is 281 Å². The van der Waals surface area contributed by atoms with Crippen LogP contribution < -0.4 is 10.5 Å². The summed E-state index contributed by atoms with van der Waals surface area (Å²) in [6.45, 7) is 12.1. The number of hydrogen-bond donors (Lipinski definition) is 3. The van der Waals surface area contributed by atoms with Crippen molar-refractivity contribution in [2.45, 2.75) is 97.4 Å². The summed E-state index contributed by atoms with van der Waals surface area (Å²) in [7, 11) is 0.0195. The van der Waals surface area contributed by atoms with Crippen LogP contribution in [0.4, 0.5) is 5.95 Å². The summed E-state index contributed by atoms with van der Waals surface area (Å²) in [5, 5.41) is 22.8. The van der Waals surface area contributed by atoms with Gasteiger partial charge in [0.15, 0.2) is 17.4 Å². The van der Waals surface area contributed by atoms with E-state index in [-0.39, 0.29) is 60.9 Å². The van der Waals surface area contributed by atoms with Gasteiger partial charge in [-0.1, -0.05) is 27.7 Å². The fraction of sp³-hybridized carbons (Fsp3) is 0.767. The summed E-state index contributed by atoms with van der Waals surface area (Å²) in [5.41, 5.74) is 4.37. The standard InChI is InChI=1S/C30H52N7O10P/c1-11-44-26(39)19(13-17(3)4)35(8)48(42,36(9)20(14-18(5)6)27(40)45-12-2)46-15-21-23(38)30(7,41)28(47-21)37-16-32-22-24(37)33-29(31)34-25(22)43-10/h16-21,23,28,38,41H,11-15H2,1-10H3,(H2,31,33,34)/t19-,20-,21+,23+,28+,30+/m0/s1. The Balaban J connectivity index is 2.04. The SMILES string of the molecule is CCOC(=O)[C@H](CC(C)C)N(C)P(=O)(OC[C@H]1O[C@@H](n2cnc3c(OC)nc(N)nc32)[C@](C)(O)[C@@H]1O)N(C)[C@@H](CC(C)C)C(=O)OCC. The summed E-state index contributed by atoms with van der Waals surface area (Å²) >= 11 is 0. The van der Waals surface area contributed by atoms with Crippen molar-refractivity contribution in [3.63, 3.8) is 0 Å². The van der Waals surface area contributed by atoms with Crippen LogP contribution in [0, 0.1) is 11.8 Å². The second-order valence-corrected chi connectivity index (χ2v) is 15.3. The van der Waals surface area contributed by atoms with Crippen LogP contribution in [0.15, 0.2) is 6.33 Å². The first-order valence-electron chi connectivity index (χ1n) is 16.1. The van der Waals surface area contributed by atoms with Crippen molar-refractivity contribution in [3.05, 3.63) is 6.33 Å². The number of methoxy groups -OCH3 is 1. The molecule has 0 saturated carbocycles. The van der Waals surface area contributed by atoms with E-state index < -0.39 is 62.3 Å². The van der Waals surface area contributed by atoms with Gasteiger partial charge in [0.1, 0.15) is 29.9 Å². The monoisotopic (exact) mass is 701 g/mol. The third-order valence-corrected chi connectivity index (χ3v) is 10.9. The lowest BCUT2D eigenvalue weighted by molar-refractivity contribution is -0.148. The van der Waals surface area contributed by atoms with Crippen molar-refractivity contribution in [3.8, 4) is 5.88 Å². The van der Waals surface area contributed by atoms with Crippen LogP contribution in [0.25, 0.3) is 11.2 Å². The zero-order valence-corrected chi connectivity index (χ0v) is 30.4. The highest BCUT2D eigenvalue weighted by molar-refractivity contribution is 7.54. The Morgan fingerprint density at radius 3 is 2.04 bits per heavy atom. The number of hydrogen-bond acceptors (Lipinski definition) is 14. The van der Waals surface area contributed by atoms with Gasteiger partial charge in [-0.3, -0.25) is 18.7 Å². The number of fused-ring (bicyclic) bond motifs is 1. The fourth-order valence-electron chi connectivity index (χ4n) is 5.70. The first-order chi connectivity index (χ1) is 22.4. The Bertz CT molecular complexity index is 1410. The number of anilines is 1. The first-order valence-corrected chi connectivity index (χ1v) is 17.6. The van der Waals surface area contributed by atoms with Crippen LogP contribution in [0.3, 0.4) is 0 Å². The molecular formula is C30H52N7O10P. The van der Waals surface area contributed by atoms with Gasteiger partial charge in [-0.2, -0.15) is 9.97 Å². The highest BCUT2D eigenvalue weighted by atomic mass is 31.2. The number of aliphatic hydroxyl groups excluding tert-OH is 1. The smallest absolute Gasteiger partial charge is 0.347 e. The number of likely N-dealkylation sites (N-methyl/N-ethyl adjacent to an activating group) is 2. The van der Waals surface area contributed by atoms with Crippen LogP contribution in [0.2, 0.25) is 0 Å². The van der Waals surface area contributed by atoms with Crippen LogP contribution in [-0.4, -0.2) is 122 Å². The maximum absolute atomic E-state index is 15.2. The molecule has 4 N–H and O–H groups in total. The van der Waals surface area contributed by atoms with Gasteiger partial charge in [0, 0.05) is 0 Å². The normalized spacial score (nSPS) is 23.0. The molecule has 0 amide bonds. The molecule has 0 radical (unpaired) electrons. The quantitative estimate of drug-likeness (QED) is 0.159. The lowest BCUT2D eigenvalue weighted by Crippen LogP contribution is -2.48. The molecule has 18 heteroatoms. The molecule has 0 spiro atoms. The van der Waals surface area contributed by atoms with Gasteiger partial charge in [-0.15, -0.1) is 0 Å². The minimum absolute atomic E-state index is 0.00514. The topological polar surface area (TPSA) is 214 Å². The first kappa shape index (κ1) is 39.5. The number of rotatable bonds is 17. The Hall–Kier alpha value is -2.92. The molecule has 1 aliphatic rings. The van der Waals surface area contributed by atoms with Gasteiger partial charge in [0.25, 0.3) is 0 Å². The van der Waals surface area contributed by atoms with Gasteiger partial charge in [-0.05, 0) is 59.5 Å². The Morgan fingerprint density at radius 1 is 1.06 bits per heavy atom. The number of nitrogen functional groups attached to an aromatic ring is 1. The summed E-state index contributed by atoms with van der Waals surface area (Å²) in [4.78, 5) is 39.0. The molecule has 0 unspecified atom stereocenters. The second kappa shape index (κ2) is 16.2. The van der Waals surface area contributed by atoms with Gasteiger partial charge in [0.2, 0.25) is 11.8 Å². The average Bonchev–Trinajstić information content (AvgIpc) is 3.53. The van der Waals surface area contributed by atoms with Gasteiger partial charge in [0.05, 0.1) is 33.3 Å². The number of carbonyl (C=O) groups is 2. The number of nitrogens with zero attached hydrogens (tertiary/aromatic N) is 6. The van der Waals surface area contributed by atoms with Gasteiger partial charge in [-0.25, -0.2) is 14.3 Å². The van der Waals surface area contributed by atoms with E-state index in [4.69, 9.17) is 29.2 Å². The van der Waals surface area contributed by atoms with E-state index in [1.807, 2.05) is 27.7 Å². The fourth-order valence-corrected chi connectivity index (χ4v) is 7.93. The molecular weight excluding hydrogens is 649 g/mol. The lowest BCUT2D eigenvalue weighted by Gasteiger charge is -2.41. The van der Waals surface area contributed by atoms with Crippen LogP contribution in [-0.2, 0) is 32.9 Å². The number of esters is 2. The van der Waals surface area contributed by atoms with Crippen molar-refractivity contribution in [1.82, 2.24) is 28.9 Å². The van der Waals surface area contributed by atoms with Crippen molar-refractivity contribution < 1.29 is 47.8 Å². The molecule has 272 valence electrons. The van der Waals surface area contributed by atoms with E-state index in [1.54, 1.807) is 13.8 Å². The third kappa shape index (κ3) is 8.26. The van der Waals surface area contributed by atoms with E-state index in [1.165, 1.54) is 48.4 Å². The lowest BCUT2D eigenvalue weighted by atomic mass is 9.96. The van der Waals surface area contributed by atoms with Crippen LogP contribution >= 0.6 is 7.67 Å². The van der Waals surface area contributed by atoms with Crippen molar-refractivity contribution in [1.29, 1.82) is 0 Å². The summed E-state index contributed by atoms with van der Waals surface area (Å²) < 4.78 is 47.5. The predicted octanol–water partition coefficient (Wildman–Crippen LogP) is 2.37. The molecule has 1 aliphatic heterocycles. The molecule has 1 saturated heterocycles. The predicted molar refractivity (Wildman–Crippen MR) is 176 cm³/mol. The maximum atomic E-state index is 15.2. The van der Waals surface area contributed by atoms with Crippen molar-refractivity contribution >= 4 is 36.7 Å². The molecule has 0 aliphatic carbocycles. The minimum Gasteiger partial charge on any atom is -0.479 e. The maximum Gasteiger partial charge on any atom is 0.347 e. The summed E-state index contributed by atoms with van der Waals surface area (Å²) in [6.07, 6.45) is -2.16. The molecule has 3 heterocycles. The summed E-state index contributed by atoms with van der Waals surface area (Å²) in [5.74, 6) is -1.22. The number of aliphatic hydroxyl groups is 2. The third-order valence-electron chi connectivity index (χ3n) is 8.22. The second-order valence-electron chi connectivity index (χ2n) is 12.8. The number of aromatic nitrogens is 4. The van der Waals surface area contributed by atoms with E-state index in [9.17, 15) is 19.8 Å². The molecule has 0 aromatic carbocycles. The highest BCUT2D eigenvalue weighted by Gasteiger charge is 2.55. The van der Waals surface area contributed by atoms with Crippen LogP contribution in [0.1, 0.15) is 67.5 Å². The van der Waals surface area contributed by atoms with E-state index in [0.717, 1.165) is 0 Å². The van der Waals surface area contributed by atoms with E-state index in [0.29, 0.717) is 0 Å². The molecule has 6 atom stereocenters. The van der Waals surface area contributed by atoms with Crippen LogP contribution in [0.5, 0.6) is 5.88 Å². The average molecular weight is 702 g/mol. The molecule has 17 nitrogen and oxygen atoms in total.